The third kappa shape index (κ3) is 5.04. The first-order valence-corrected chi connectivity index (χ1v) is 14.0. The summed E-state index contributed by atoms with van der Waals surface area (Å²) in [6.45, 7) is 4.64. The predicted octanol–water partition coefficient (Wildman–Crippen LogP) is 4.16. The second-order valence-corrected chi connectivity index (χ2v) is 11.5. The normalized spacial score (nSPS) is 23.8. The van der Waals surface area contributed by atoms with Crippen molar-refractivity contribution in [1.82, 2.24) is 0 Å². The smallest absolute Gasteiger partial charge is 0.349 e. The molecule has 6 rings (SSSR count). The van der Waals surface area contributed by atoms with Crippen molar-refractivity contribution in [2.45, 2.75) is 37.6 Å². The molecule has 2 N–H and O–H groups in total. The Kier molecular flexibility index (Phi) is 7.27. The van der Waals surface area contributed by atoms with Crippen molar-refractivity contribution in [3.05, 3.63) is 74.6 Å². The molecule has 35 heavy (non-hydrogen) atoms. The number of aliphatic hydroxyl groups is 2. The van der Waals surface area contributed by atoms with Gasteiger partial charge in [0, 0.05) is 25.2 Å². The molecule has 5 heterocycles. The highest BCUT2D eigenvalue weighted by Crippen LogP contribution is 2.40. The van der Waals surface area contributed by atoms with Gasteiger partial charge in [0.05, 0.1) is 42.6 Å². The van der Waals surface area contributed by atoms with Crippen LogP contribution >= 0.6 is 22.7 Å². The van der Waals surface area contributed by atoms with Crippen LogP contribution in [0.25, 0.3) is 0 Å². The van der Waals surface area contributed by atoms with Crippen LogP contribution in [0.15, 0.2) is 59.3 Å². The summed E-state index contributed by atoms with van der Waals surface area (Å²) < 4.78 is 13.0. The van der Waals surface area contributed by atoms with Crippen molar-refractivity contribution >= 4 is 28.6 Å². The summed E-state index contributed by atoms with van der Waals surface area (Å²) in [5.41, 5.74) is -0.879. The van der Waals surface area contributed by atoms with Crippen molar-refractivity contribution in [3.8, 4) is 5.75 Å². The molecule has 1 atom stereocenters. The average Bonchev–Trinajstić information content (AvgIpc) is 3.63. The molecule has 0 aliphatic carbocycles. The fraction of sp³-hybridized carbons (Fsp3) is 0.444. The summed E-state index contributed by atoms with van der Waals surface area (Å²) in [7, 11) is 0. The Morgan fingerprint density at radius 2 is 1.69 bits per heavy atom. The van der Waals surface area contributed by atoms with E-state index in [0.717, 1.165) is 61.2 Å². The molecule has 2 bridgehead atoms. The maximum Gasteiger partial charge on any atom is 0.349 e. The van der Waals surface area contributed by atoms with Crippen LogP contribution in [-0.2, 0) is 21.7 Å². The van der Waals surface area contributed by atoms with E-state index < -0.39 is 11.6 Å². The van der Waals surface area contributed by atoms with Crippen molar-refractivity contribution in [3.63, 3.8) is 0 Å². The highest BCUT2D eigenvalue weighted by molar-refractivity contribution is 7.12. The summed E-state index contributed by atoms with van der Waals surface area (Å²) in [6, 6.07) is 14.8. The van der Waals surface area contributed by atoms with E-state index >= 15 is 0 Å². The molecule has 0 amide bonds. The first-order chi connectivity index (χ1) is 17.0. The number of carbonyl (C=O) groups is 1. The quantitative estimate of drug-likeness (QED) is 0.241. The van der Waals surface area contributed by atoms with E-state index in [4.69, 9.17) is 9.47 Å². The Morgan fingerprint density at radius 3 is 2.26 bits per heavy atom. The molecule has 3 fully saturated rings. The largest absolute Gasteiger partial charge is 0.493 e. The number of carbonyl (C=O) groups excluding carboxylic acids is 1. The van der Waals surface area contributed by atoms with E-state index in [9.17, 15) is 15.0 Å². The molecule has 3 aliphatic heterocycles. The van der Waals surface area contributed by atoms with E-state index in [2.05, 4.69) is 0 Å². The lowest BCUT2D eigenvalue weighted by atomic mass is 9.83. The van der Waals surface area contributed by atoms with E-state index in [-0.39, 0.29) is 12.7 Å². The zero-order chi connectivity index (χ0) is 24.3. The van der Waals surface area contributed by atoms with Crippen molar-refractivity contribution in [1.29, 1.82) is 0 Å². The molecule has 8 heteroatoms. The summed E-state index contributed by atoms with van der Waals surface area (Å²) in [5.74, 6) is 0.609. The van der Waals surface area contributed by atoms with Crippen LogP contribution in [0, 0.1) is 5.92 Å². The SMILES string of the molecule is O=C(O[C@H]1C[N+]2(CCCOc3ccc(CO)cc3)CCC1CC2)C(O)(c1cccs1)c1cccs1. The van der Waals surface area contributed by atoms with E-state index in [1.54, 1.807) is 12.1 Å². The Bertz CT molecular complexity index is 1060. The standard InChI is InChI=1S/C27H32NO5S2/c29-19-20-6-8-22(9-7-20)32-15-3-12-28-13-10-21(11-14-28)23(18-28)33-26(30)27(31,24-4-1-16-34-24)25-5-2-17-35-25/h1-2,4-9,16-17,21,23,29,31H,3,10-15,18-19H2/q+1/t21?,23-,28?/m0/s1. The monoisotopic (exact) mass is 514 g/mol. The third-order valence-electron chi connectivity index (χ3n) is 7.50. The van der Waals surface area contributed by atoms with Crippen molar-refractivity contribution < 1.29 is 29.0 Å². The molecular weight excluding hydrogens is 482 g/mol. The van der Waals surface area contributed by atoms with Gasteiger partial charge in [0.25, 0.3) is 0 Å². The molecule has 186 valence electrons. The predicted molar refractivity (Wildman–Crippen MR) is 136 cm³/mol. The van der Waals surface area contributed by atoms with Gasteiger partial charge in [-0.25, -0.2) is 4.79 Å². The summed E-state index contributed by atoms with van der Waals surface area (Å²) in [4.78, 5) is 14.7. The van der Waals surface area contributed by atoms with Gasteiger partial charge in [-0.15, -0.1) is 22.7 Å². The molecule has 3 aromatic rings. The molecule has 6 nitrogen and oxygen atoms in total. The molecule has 1 aromatic carbocycles. The topological polar surface area (TPSA) is 76.0 Å². The van der Waals surface area contributed by atoms with Crippen LogP contribution < -0.4 is 4.74 Å². The number of ether oxygens (including phenoxy) is 2. The van der Waals surface area contributed by atoms with Crippen LogP contribution in [0.5, 0.6) is 5.75 Å². The fourth-order valence-corrected chi connectivity index (χ4v) is 7.18. The second kappa shape index (κ2) is 10.4. The summed E-state index contributed by atoms with van der Waals surface area (Å²) >= 11 is 2.74. The maximum atomic E-state index is 13.5. The zero-order valence-electron chi connectivity index (χ0n) is 19.7. The zero-order valence-corrected chi connectivity index (χ0v) is 21.3. The van der Waals surface area contributed by atoms with Gasteiger partial charge in [0.15, 0.2) is 6.10 Å². The Hall–Kier alpha value is -2.23. The number of hydrogen-bond donors (Lipinski definition) is 2. The van der Waals surface area contributed by atoms with Crippen LogP contribution in [-0.4, -0.2) is 59.6 Å². The molecular formula is C27H32NO5S2+. The number of benzene rings is 1. The number of piperidine rings is 3. The van der Waals surface area contributed by atoms with Gasteiger partial charge >= 0.3 is 5.97 Å². The number of aliphatic hydroxyl groups excluding tert-OH is 1. The molecule has 0 saturated carbocycles. The van der Waals surface area contributed by atoms with Crippen LogP contribution in [0.3, 0.4) is 0 Å². The van der Waals surface area contributed by atoms with E-state index in [1.807, 2.05) is 47.2 Å². The number of quaternary nitrogens is 1. The third-order valence-corrected chi connectivity index (χ3v) is 9.46. The lowest BCUT2D eigenvalue weighted by molar-refractivity contribution is -0.946. The van der Waals surface area contributed by atoms with Gasteiger partial charge in [0.1, 0.15) is 12.3 Å². The second-order valence-electron chi connectivity index (χ2n) is 9.65. The Morgan fingerprint density at radius 1 is 1.03 bits per heavy atom. The maximum absolute atomic E-state index is 13.5. The molecule has 0 unspecified atom stereocenters. The number of fused-ring (bicyclic) bond motifs is 3. The average molecular weight is 515 g/mol. The van der Waals surface area contributed by atoms with Gasteiger partial charge in [-0.05, 0) is 40.6 Å². The number of nitrogens with zero attached hydrogens (tertiary/aromatic N) is 1. The lowest BCUT2D eigenvalue weighted by Crippen LogP contribution is -2.65. The number of rotatable bonds is 10. The number of thiophene rings is 2. The van der Waals surface area contributed by atoms with Crippen molar-refractivity contribution in [2.75, 3.05) is 32.8 Å². The van der Waals surface area contributed by atoms with Crippen LogP contribution in [0.1, 0.15) is 34.6 Å². The van der Waals surface area contributed by atoms with Crippen LogP contribution in [0.4, 0.5) is 0 Å². The highest BCUT2D eigenvalue weighted by atomic mass is 32.1. The molecule has 0 spiro atoms. The van der Waals surface area contributed by atoms with E-state index in [0.29, 0.717) is 22.3 Å². The minimum absolute atomic E-state index is 0.0328. The van der Waals surface area contributed by atoms with Gasteiger partial charge in [-0.3, -0.25) is 0 Å². The molecule has 3 aliphatic rings. The van der Waals surface area contributed by atoms with E-state index in [1.165, 1.54) is 22.7 Å². The highest BCUT2D eigenvalue weighted by Gasteiger charge is 2.51. The van der Waals surface area contributed by atoms with Crippen LogP contribution in [0.2, 0.25) is 0 Å². The lowest BCUT2D eigenvalue weighted by Gasteiger charge is -2.52. The number of esters is 1. The minimum Gasteiger partial charge on any atom is -0.493 e. The molecule has 2 aromatic heterocycles. The van der Waals surface area contributed by atoms with Gasteiger partial charge in [0.2, 0.25) is 5.60 Å². The Balaban J connectivity index is 1.21. The fourth-order valence-electron chi connectivity index (χ4n) is 5.46. The summed E-state index contributed by atoms with van der Waals surface area (Å²) in [6.07, 6.45) is 2.82. The van der Waals surface area contributed by atoms with Crippen molar-refractivity contribution in [2.24, 2.45) is 5.92 Å². The minimum atomic E-state index is -1.75. The van der Waals surface area contributed by atoms with Gasteiger partial charge in [-0.2, -0.15) is 0 Å². The number of hydrogen-bond acceptors (Lipinski definition) is 7. The Labute approximate surface area is 214 Å². The molecule has 0 radical (unpaired) electrons. The van der Waals surface area contributed by atoms with Gasteiger partial charge < -0.3 is 24.2 Å². The first kappa shape index (κ1) is 24.5. The first-order valence-electron chi connectivity index (χ1n) is 12.2. The summed E-state index contributed by atoms with van der Waals surface area (Å²) in [5, 5.41) is 24.5. The molecule has 3 saturated heterocycles. The van der Waals surface area contributed by atoms with Gasteiger partial charge in [-0.1, -0.05) is 24.3 Å².